The third-order valence-corrected chi connectivity index (χ3v) is 2.92. The molecule has 0 saturated carbocycles. The van der Waals surface area contributed by atoms with Crippen molar-refractivity contribution in [3.05, 3.63) is 24.3 Å². The Morgan fingerprint density at radius 1 is 1.38 bits per heavy atom. The van der Waals surface area contributed by atoms with Gasteiger partial charge in [0, 0.05) is 14.1 Å². The number of para-hydroxylation sites is 2. The van der Waals surface area contributed by atoms with Crippen LogP contribution in [0.3, 0.4) is 0 Å². The van der Waals surface area contributed by atoms with Gasteiger partial charge in [-0.25, -0.2) is 11.0 Å². The number of hydrogen-bond donors (Lipinski definition) is 2. The van der Waals surface area contributed by atoms with Crippen LogP contribution in [-0.4, -0.2) is 26.8 Å². The van der Waals surface area contributed by atoms with Gasteiger partial charge in [0.25, 0.3) is 0 Å². The molecule has 7 nitrogen and oxygen atoms in total. The molecule has 0 aliphatic heterocycles. The van der Waals surface area contributed by atoms with Crippen molar-refractivity contribution < 1.29 is 12.7 Å². The number of nitrogens with zero attached hydrogens (tertiary/aromatic N) is 2. The second-order valence-electron chi connectivity index (χ2n) is 3.05. The smallest absolute Gasteiger partial charge is 0.246 e. The normalized spacial score (nSPS) is 11.4. The molecule has 0 amide bonds. The molecule has 0 spiro atoms. The van der Waals surface area contributed by atoms with Crippen LogP contribution in [0.25, 0.3) is 0 Å². The lowest BCUT2D eigenvalue weighted by Gasteiger charge is -2.12. The summed E-state index contributed by atoms with van der Waals surface area (Å²) in [6.07, 6.45) is 0. The fourth-order valence-electron chi connectivity index (χ4n) is 0.830. The van der Waals surface area contributed by atoms with Gasteiger partial charge in [0.1, 0.15) is 5.69 Å². The van der Waals surface area contributed by atoms with E-state index in [-0.39, 0.29) is 5.69 Å². The van der Waals surface area contributed by atoms with Gasteiger partial charge >= 0.3 is 10.3 Å². The van der Waals surface area contributed by atoms with Gasteiger partial charge in [-0.1, -0.05) is 12.1 Å². The summed E-state index contributed by atoms with van der Waals surface area (Å²) < 4.78 is 28.0. The molecule has 0 saturated heterocycles. The summed E-state index contributed by atoms with van der Waals surface area (Å²) in [5, 5.41) is 3.22. The van der Waals surface area contributed by atoms with E-state index >= 15 is 0 Å². The summed E-state index contributed by atoms with van der Waals surface area (Å²) in [5.41, 5.74) is 9.71. The second kappa shape index (κ2) is 5.01. The first kappa shape index (κ1) is 12.6. The zero-order valence-electron chi connectivity index (χ0n) is 8.84. The van der Waals surface area contributed by atoms with Crippen molar-refractivity contribution in [3.8, 4) is 0 Å². The molecule has 0 bridgehead atoms. The molecule has 1 rings (SSSR count). The summed E-state index contributed by atoms with van der Waals surface area (Å²) in [6, 6.07) is 6.46. The SMILES string of the molecule is CN(C)S(=O)(=O)ONc1ccccc1N=N. The van der Waals surface area contributed by atoms with Crippen LogP contribution in [-0.2, 0) is 14.6 Å². The molecule has 0 aromatic heterocycles. The molecule has 2 N–H and O–H groups in total. The monoisotopic (exact) mass is 244 g/mol. The van der Waals surface area contributed by atoms with E-state index in [1.54, 1.807) is 24.3 Å². The van der Waals surface area contributed by atoms with Gasteiger partial charge in [0.15, 0.2) is 0 Å². The zero-order chi connectivity index (χ0) is 12.2. The summed E-state index contributed by atoms with van der Waals surface area (Å²) in [4.78, 5) is 0. The van der Waals surface area contributed by atoms with E-state index in [1.165, 1.54) is 14.1 Å². The molecule has 16 heavy (non-hydrogen) atoms. The van der Waals surface area contributed by atoms with Crippen LogP contribution in [0.5, 0.6) is 0 Å². The van der Waals surface area contributed by atoms with E-state index in [2.05, 4.69) is 14.9 Å². The summed E-state index contributed by atoms with van der Waals surface area (Å²) in [6.45, 7) is 0. The molecule has 0 radical (unpaired) electrons. The molecule has 1 aromatic carbocycles. The highest BCUT2D eigenvalue weighted by molar-refractivity contribution is 7.84. The van der Waals surface area contributed by atoms with Crippen molar-refractivity contribution in [2.75, 3.05) is 19.6 Å². The van der Waals surface area contributed by atoms with E-state index in [0.29, 0.717) is 5.69 Å². The third-order valence-electron chi connectivity index (χ3n) is 1.73. The number of rotatable bonds is 5. The number of nitrogens with one attached hydrogen (secondary N) is 2. The lowest BCUT2D eigenvalue weighted by molar-refractivity contribution is 0.347. The molecule has 1 aromatic rings. The van der Waals surface area contributed by atoms with Crippen LogP contribution in [0.4, 0.5) is 11.4 Å². The fraction of sp³-hybridized carbons (Fsp3) is 0.250. The maximum Gasteiger partial charge on any atom is 0.358 e. The molecular weight excluding hydrogens is 232 g/mol. The van der Waals surface area contributed by atoms with Crippen LogP contribution in [0.2, 0.25) is 0 Å². The first-order chi connectivity index (χ1) is 7.47. The number of benzene rings is 1. The van der Waals surface area contributed by atoms with E-state index < -0.39 is 10.3 Å². The summed E-state index contributed by atoms with van der Waals surface area (Å²) >= 11 is 0. The Bertz CT molecular complexity index is 472. The molecular formula is C8H12N4O3S. The summed E-state index contributed by atoms with van der Waals surface area (Å²) in [7, 11) is -1.11. The molecule has 88 valence electrons. The van der Waals surface area contributed by atoms with Crippen molar-refractivity contribution >= 4 is 21.7 Å². The fourth-order valence-corrected chi connectivity index (χ4v) is 1.17. The maximum atomic E-state index is 11.3. The molecule has 0 fully saturated rings. The van der Waals surface area contributed by atoms with Gasteiger partial charge in [-0.3, -0.25) is 0 Å². The number of hydrogen-bond acceptors (Lipinski definition) is 6. The highest BCUT2D eigenvalue weighted by Gasteiger charge is 2.15. The van der Waals surface area contributed by atoms with Gasteiger partial charge in [0.2, 0.25) is 0 Å². The van der Waals surface area contributed by atoms with Crippen LogP contribution in [0, 0.1) is 5.53 Å². The van der Waals surface area contributed by atoms with E-state index in [0.717, 1.165) is 4.31 Å². The Hall–Kier alpha value is -1.51. The summed E-state index contributed by atoms with van der Waals surface area (Å²) in [5.74, 6) is 0. The molecule has 0 atom stereocenters. The quantitative estimate of drug-likeness (QED) is 0.606. The Balaban J connectivity index is 2.79. The van der Waals surface area contributed by atoms with E-state index in [9.17, 15) is 8.42 Å². The van der Waals surface area contributed by atoms with Crippen molar-refractivity contribution in [1.29, 1.82) is 5.53 Å². The van der Waals surface area contributed by atoms with Gasteiger partial charge < -0.3 is 0 Å². The lowest BCUT2D eigenvalue weighted by Crippen LogP contribution is -2.26. The Morgan fingerprint density at radius 2 is 2.00 bits per heavy atom. The Morgan fingerprint density at radius 3 is 2.56 bits per heavy atom. The second-order valence-corrected chi connectivity index (χ2v) is 4.81. The molecule has 8 heteroatoms. The maximum absolute atomic E-state index is 11.3. The van der Waals surface area contributed by atoms with Crippen LogP contribution in [0.1, 0.15) is 0 Å². The Kier molecular flexibility index (Phi) is 3.93. The Labute approximate surface area is 93.7 Å². The predicted octanol–water partition coefficient (Wildman–Crippen LogP) is 1.50. The van der Waals surface area contributed by atoms with Gasteiger partial charge in [-0.05, 0) is 12.1 Å². The lowest BCUT2D eigenvalue weighted by atomic mass is 10.3. The van der Waals surface area contributed by atoms with Crippen molar-refractivity contribution in [1.82, 2.24) is 4.31 Å². The molecule has 0 heterocycles. The zero-order valence-corrected chi connectivity index (χ0v) is 9.65. The average Bonchev–Trinajstić information content (AvgIpc) is 2.26. The predicted molar refractivity (Wildman–Crippen MR) is 58.6 cm³/mol. The minimum Gasteiger partial charge on any atom is -0.246 e. The van der Waals surface area contributed by atoms with E-state index in [4.69, 9.17) is 5.53 Å². The minimum atomic E-state index is -3.80. The van der Waals surface area contributed by atoms with Gasteiger partial charge in [-0.15, -0.1) is 4.28 Å². The van der Waals surface area contributed by atoms with Crippen LogP contribution >= 0.6 is 0 Å². The van der Waals surface area contributed by atoms with Crippen molar-refractivity contribution in [2.24, 2.45) is 5.11 Å². The standard InChI is InChI=1S/C8H12N4O3S/c1-12(2)16(13,14)15-11-8-6-4-3-5-7(8)10-9/h3-6,9,11H,1-2H3. The molecule has 0 aliphatic rings. The number of anilines is 1. The molecule has 0 unspecified atom stereocenters. The first-order valence-electron chi connectivity index (χ1n) is 4.31. The van der Waals surface area contributed by atoms with Crippen LogP contribution in [0.15, 0.2) is 29.4 Å². The highest BCUT2D eigenvalue weighted by Crippen LogP contribution is 2.24. The highest BCUT2D eigenvalue weighted by atomic mass is 32.2. The van der Waals surface area contributed by atoms with Crippen LogP contribution < -0.4 is 5.48 Å². The topological polar surface area (TPSA) is 94.8 Å². The van der Waals surface area contributed by atoms with Gasteiger partial charge in [0.05, 0.1) is 5.69 Å². The van der Waals surface area contributed by atoms with Crippen molar-refractivity contribution in [2.45, 2.75) is 0 Å². The minimum absolute atomic E-state index is 0.288. The van der Waals surface area contributed by atoms with Crippen molar-refractivity contribution in [3.63, 3.8) is 0 Å². The van der Waals surface area contributed by atoms with Gasteiger partial charge in [-0.2, -0.15) is 17.8 Å². The first-order valence-corrected chi connectivity index (χ1v) is 5.67. The molecule has 0 aliphatic carbocycles. The largest absolute Gasteiger partial charge is 0.358 e. The van der Waals surface area contributed by atoms with E-state index in [1.807, 2.05) is 0 Å². The third kappa shape index (κ3) is 2.99. The average molecular weight is 244 g/mol.